The van der Waals surface area contributed by atoms with E-state index in [0.29, 0.717) is 4.90 Å². The third-order valence-electron chi connectivity index (χ3n) is 3.15. The zero-order valence-electron chi connectivity index (χ0n) is 12.6. The molecule has 5 heteroatoms. The van der Waals surface area contributed by atoms with Crippen LogP contribution in [0.25, 0.3) is 0 Å². The molecule has 1 rings (SSSR count). The quantitative estimate of drug-likeness (QED) is 0.688. The summed E-state index contributed by atoms with van der Waals surface area (Å²) in [7, 11) is -3.39. The van der Waals surface area contributed by atoms with Crippen LogP contribution in [0.2, 0.25) is 0 Å². The molecule has 2 N–H and O–H groups in total. The molecule has 0 fully saturated rings. The lowest BCUT2D eigenvalue weighted by molar-refractivity contribution is 0.544. The fourth-order valence-electron chi connectivity index (χ4n) is 2.07. The monoisotopic (exact) mass is 298 g/mol. The molecule has 20 heavy (non-hydrogen) atoms. The fraction of sp³-hybridized carbons (Fsp3) is 0.600. The second-order valence-electron chi connectivity index (χ2n) is 5.06. The number of sulfonamides is 1. The van der Waals surface area contributed by atoms with Gasteiger partial charge >= 0.3 is 0 Å². The highest BCUT2D eigenvalue weighted by Gasteiger charge is 2.16. The summed E-state index contributed by atoms with van der Waals surface area (Å²) in [5, 5.41) is 3.25. The van der Waals surface area contributed by atoms with Gasteiger partial charge in [0.25, 0.3) is 0 Å². The van der Waals surface area contributed by atoms with E-state index in [9.17, 15) is 8.42 Å². The largest absolute Gasteiger partial charge is 0.317 e. The van der Waals surface area contributed by atoms with Crippen LogP contribution in [0.4, 0.5) is 0 Å². The van der Waals surface area contributed by atoms with Crippen LogP contribution in [-0.2, 0) is 16.4 Å². The molecule has 0 spiro atoms. The third-order valence-corrected chi connectivity index (χ3v) is 4.76. The van der Waals surface area contributed by atoms with Gasteiger partial charge in [0, 0.05) is 6.04 Å². The molecule has 0 amide bonds. The minimum atomic E-state index is -3.39. The summed E-state index contributed by atoms with van der Waals surface area (Å²) >= 11 is 0. The number of likely N-dealkylation sites (N-methyl/N-ethyl adjacent to an activating group) is 1. The second kappa shape index (κ2) is 8.39. The third kappa shape index (κ3) is 5.61. The molecule has 0 aliphatic heterocycles. The molecule has 0 aliphatic carbocycles. The minimum absolute atomic E-state index is 0.0292. The van der Waals surface area contributed by atoms with Gasteiger partial charge in [-0.15, -0.1) is 0 Å². The molecule has 1 atom stereocenters. The van der Waals surface area contributed by atoms with Crippen molar-refractivity contribution in [1.82, 2.24) is 10.0 Å². The van der Waals surface area contributed by atoms with Crippen molar-refractivity contribution in [3.63, 3.8) is 0 Å². The van der Waals surface area contributed by atoms with Gasteiger partial charge in [0.2, 0.25) is 10.0 Å². The minimum Gasteiger partial charge on any atom is -0.317 e. The molecule has 4 nitrogen and oxygen atoms in total. The first-order valence-electron chi connectivity index (χ1n) is 7.31. The lowest BCUT2D eigenvalue weighted by Gasteiger charge is -2.13. The maximum absolute atomic E-state index is 12.2. The van der Waals surface area contributed by atoms with E-state index in [2.05, 4.69) is 17.0 Å². The smallest absolute Gasteiger partial charge is 0.240 e. The first-order chi connectivity index (χ1) is 9.49. The van der Waals surface area contributed by atoms with Crippen molar-refractivity contribution in [3.05, 3.63) is 29.8 Å². The molecule has 1 aromatic carbocycles. The zero-order valence-corrected chi connectivity index (χ0v) is 13.5. The van der Waals surface area contributed by atoms with Crippen LogP contribution >= 0.6 is 0 Å². The molecule has 1 aromatic rings. The average molecular weight is 298 g/mol. The van der Waals surface area contributed by atoms with Crippen molar-refractivity contribution >= 4 is 10.0 Å². The Hall–Kier alpha value is -0.910. The molecule has 0 saturated heterocycles. The number of hydrogen-bond donors (Lipinski definition) is 2. The Balaban J connectivity index is 2.66. The number of benzene rings is 1. The summed E-state index contributed by atoms with van der Waals surface area (Å²) < 4.78 is 27.0. The van der Waals surface area contributed by atoms with Gasteiger partial charge < -0.3 is 5.32 Å². The maximum atomic E-state index is 12.2. The van der Waals surface area contributed by atoms with Crippen LogP contribution in [0.1, 0.15) is 39.2 Å². The van der Waals surface area contributed by atoms with Crippen molar-refractivity contribution in [3.8, 4) is 0 Å². The Kier molecular flexibility index (Phi) is 7.19. The molecule has 0 heterocycles. The molecule has 114 valence electrons. The van der Waals surface area contributed by atoms with Crippen LogP contribution < -0.4 is 10.0 Å². The van der Waals surface area contributed by atoms with Crippen molar-refractivity contribution in [1.29, 1.82) is 0 Å². The summed E-state index contributed by atoms with van der Waals surface area (Å²) in [5.74, 6) is 0. The number of rotatable bonds is 9. The van der Waals surface area contributed by atoms with Crippen LogP contribution in [0.5, 0.6) is 0 Å². The van der Waals surface area contributed by atoms with Crippen LogP contribution in [0.3, 0.4) is 0 Å². The highest BCUT2D eigenvalue weighted by molar-refractivity contribution is 7.89. The van der Waals surface area contributed by atoms with Crippen molar-refractivity contribution in [2.24, 2.45) is 0 Å². The lowest BCUT2D eigenvalue weighted by Crippen LogP contribution is -2.32. The molecule has 0 bridgehead atoms. The second-order valence-corrected chi connectivity index (χ2v) is 6.77. The van der Waals surface area contributed by atoms with Gasteiger partial charge in [-0.2, -0.15) is 0 Å². The molecular formula is C15H26N2O2S. The summed E-state index contributed by atoms with van der Waals surface area (Å²) in [6, 6.07) is 7.11. The van der Waals surface area contributed by atoms with Crippen LogP contribution in [0.15, 0.2) is 29.2 Å². The first kappa shape index (κ1) is 17.1. The molecule has 0 saturated carbocycles. The van der Waals surface area contributed by atoms with Gasteiger partial charge in [-0.05, 0) is 50.6 Å². The molecule has 0 radical (unpaired) electrons. The summed E-state index contributed by atoms with van der Waals surface area (Å²) in [4.78, 5) is 0.340. The average Bonchev–Trinajstić information content (AvgIpc) is 2.39. The highest BCUT2D eigenvalue weighted by Crippen LogP contribution is 2.12. The van der Waals surface area contributed by atoms with E-state index in [1.54, 1.807) is 12.1 Å². The number of hydrogen-bond acceptors (Lipinski definition) is 3. The molecule has 0 aromatic heterocycles. The Bertz CT molecular complexity index is 483. The standard InChI is InChI=1S/C15H26N2O2S/c1-4-6-13(3)17-20(18,19)15-9-7-14(8-10-15)11-12-16-5-2/h7-10,13,16-17H,4-6,11-12H2,1-3H3. The van der Waals surface area contributed by atoms with E-state index in [0.717, 1.165) is 37.9 Å². The predicted octanol–water partition coefficient (Wildman–Crippen LogP) is 2.31. The first-order valence-corrected chi connectivity index (χ1v) is 8.80. The van der Waals surface area contributed by atoms with Gasteiger partial charge in [0.05, 0.1) is 4.90 Å². The lowest BCUT2D eigenvalue weighted by atomic mass is 10.1. The zero-order chi connectivity index (χ0) is 15.0. The van der Waals surface area contributed by atoms with Gasteiger partial charge in [-0.3, -0.25) is 0 Å². The predicted molar refractivity (Wildman–Crippen MR) is 83.4 cm³/mol. The Morgan fingerprint density at radius 1 is 1.15 bits per heavy atom. The van der Waals surface area contributed by atoms with Crippen LogP contribution in [-0.4, -0.2) is 27.5 Å². The summed E-state index contributed by atoms with van der Waals surface area (Å²) in [6.07, 6.45) is 2.72. The molecule has 0 aliphatic rings. The van der Waals surface area contributed by atoms with E-state index in [4.69, 9.17) is 0 Å². The van der Waals surface area contributed by atoms with Gasteiger partial charge in [-0.25, -0.2) is 13.1 Å². The van der Waals surface area contributed by atoms with Gasteiger partial charge in [0.1, 0.15) is 0 Å². The molecular weight excluding hydrogens is 272 g/mol. The van der Waals surface area contributed by atoms with Crippen molar-refractivity contribution < 1.29 is 8.42 Å². The normalized spacial score (nSPS) is 13.3. The van der Waals surface area contributed by atoms with E-state index in [1.165, 1.54) is 0 Å². The highest BCUT2D eigenvalue weighted by atomic mass is 32.2. The SMILES string of the molecule is CCCC(C)NS(=O)(=O)c1ccc(CCNCC)cc1. The van der Waals surface area contributed by atoms with E-state index in [1.807, 2.05) is 26.0 Å². The fourth-order valence-corrected chi connectivity index (χ4v) is 3.35. The summed E-state index contributed by atoms with van der Waals surface area (Å²) in [6.45, 7) is 7.87. The van der Waals surface area contributed by atoms with Gasteiger partial charge in [-0.1, -0.05) is 32.4 Å². The van der Waals surface area contributed by atoms with E-state index < -0.39 is 10.0 Å². The Morgan fingerprint density at radius 3 is 2.35 bits per heavy atom. The maximum Gasteiger partial charge on any atom is 0.240 e. The molecule has 1 unspecified atom stereocenters. The van der Waals surface area contributed by atoms with Gasteiger partial charge in [0.15, 0.2) is 0 Å². The Labute approximate surface area is 123 Å². The Morgan fingerprint density at radius 2 is 1.80 bits per heavy atom. The van der Waals surface area contributed by atoms with E-state index in [-0.39, 0.29) is 6.04 Å². The van der Waals surface area contributed by atoms with E-state index >= 15 is 0 Å². The van der Waals surface area contributed by atoms with Crippen molar-refractivity contribution in [2.75, 3.05) is 13.1 Å². The summed E-state index contributed by atoms with van der Waals surface area (Å²) in [5.41, 5.74) is 1.14. The topological polar surface area (TPSA) is 58.2 Å². The van der Waals surface area contributed by atoms with Crippen molar-refractivity contribution in [2.45, 2.75) is 51.0 Å². The number of nitrogens with one attached hydrogen (secondary N) is 2. The van der Waals surface area contributed by atoms with Crippen LogP contribution in [0, 0.1) is 0 Å².